The van der Waals surface area contributed by atoms with Gasteiger partial charge >= 0.3 is 0 Å². The van der Waals surface area contributed by atoms with E-state index in [1.807, 2.05) is 0 Å². The molecule has 2 saturated carbocycles. The Bertz CT molecular complexity index is 295. The van der Waals surface area contributed by atoms with Crippen LogP contribution in [0.1, 0.15) is 25.7 Å². The van der Waals surface area contributed by atoms with Crippen LogP contribution in [-0.4, -0.2) is 38.0 Å². The van der Waals surface area contributed by atoms with Gasteiger partial charge in [0, 0.05) is 18.4 Å². The second-order valence-electron chi connectivity index (χ2n) is 4.81. The highest BCUT2D eigenvalue weighted by Crippen LogP contribution is 2.29. The van der Waals surface area contributed by atoms with Gasteiger partial charge in [-0.2, -0.15) is 0 Å². The summed E-state index contributed by atoms with van der Waals surface area (Å²) in [6.07, 6.45) is 4.73. The fourth-order valence-electron chi connectivity index (χ4n) is 1.62. The molecule has 0 aliphatic heterocycles. The third-order valence-electron chi connectivity index (χ3n) is 3.07. The third-order valence-corrected chi connectivity index (χ3v) is 3.07. The van der Waals surface area contributed by atoms with Crippen LogP contribution in [0.3, 0.4) is 0 Å². The predicted octanol–water partition coefficient (Wildman–Crippen LogP) is 0.747. The van der Waals surface area contributed by atoms with Crippen LogP contribution in [0.2, 0.25) is 0 Å². The Hall–Kier alpha value is -1.10. The van der Waals surface area contributed by atoms with E-state index in [1.54, 1.807) is 0 Å². The van der Waals surface area contributed by atoms with Crippen molar-refractivity contribution >= 4 is 11.7 Å². The first kappa shape index (κ1) is 12.4. The van der Waals surface area contributed by atoms with Crippen molar-refractivity contribution in [2.75, 3.05) is 26.3 Å². The maximum Gasteiger partial charge on any atom is 0.0969 e. The molecule has 4 N–H and O–H groups in total. The lowest BCUT2D eigenvalue weighted by Crippen LogP contribution is -2.28. The van der Waals surface area contributed by atoms with Gasteiger partial charge < -0.3 is 15.8 Å². The minimum atomic E-state index is 0.498. The first-order chi connectivity index (χ1) is 8.27. The maximum atomic E-state index is 7.63. The minimum absolute atomic E-state index is 0.498. The Kier molecular flexibility index (Phi) is 4.36. The largest absolute Gasteiger partial charge is 0.387 e. The normalized spacial score (nSPS) is 20.4. The minimum Gasteiger partial charge on any atom is -0.387 e. The molecule has 0 aromatic heterocycles. The van der Waals surface area contributed by atoms with Crippen molar-refractivity contribution in [1.82, 2.24) is 5.32 Å². The molecule has 0 amide bonds. The van der Waals surface area contributed by atoms with E-state index in [9.17, 15) is 0 Å². The average Bonchev–Trinajstić information content (AvgIpc) is 3.20. The number of hydrogen-bond donors (Lipinski definition) is 3. The van der Waals surface area contributed by atoms with E-state index in [-0.39, 0.29) is 0 Å². The molecule has 96 valence electrons. The molecule has 0 atom stereocenters. The van der Waals surface area contributed by atoms with Crippen molar-refractivity contribution in [2.45, 2.75) is 25.7 Å². The van der Waals surface area contributed by atoms with Gasteiger partial charge in [0.05, 0.1) is 31.4 Å². The molecule has 0 aromatic carbocycles. The zero-order valence-electron chi connectivity index (χ0n) is 10.2. The molecule has 2 aliphatic rings. The summed E-state index contributed by atoms with van der Waals surface area (Å²) in [7, 11) is 0. The van der Waals surface area contributed by atoms with Gasteiger partial charge in [-0.3, -0.25) is 10.4 Å². The second-order valence-corrected chi connectivity index (χ2v) is 4.81. The number of hydrogen-bond acceptors (Lipinski definition) is 3. The summed E-state index contributed by atoms with van der Waals surface area (Å²) >= 11 is 0. The van der Waals surface area contributed by atoms with Crippen molar-refractivity contribution in [3.63, 3.8) is 0 Å². The van der Waals surface area contributed by atoms with Gasteiger partial charge in [0.1, 0.15) is 0 Å². The fraction of sp³-hybridized carbons (Fsp3) is 0.833. The lowest BCUT2D eigenvalue weighted by molar-refractivity contribution is 0.146. The van der Waals surface area contributed by atoms with E-state index in [0.29, 0.717) is 37.4 Å². The number of aliphatic imine (C=N–C) groups is 1. The van der Waals surface area contributed by atoms with Crippen LogP contribution < -0.4 is 11.1 Å². The Morgan fingerprint density at radius 3 is 2.59 bits per heavy atom. The molecule has 17 heavy (non-hydrogen) atoms. The van der Waals surface area contributed by atoms with Crippen LogP contribution in [0.5, 0.6) is 0 Å². The number of nitrogens with one attached hydrogen (secondary N) is 2. The predicted molar refractivity (Wildman–Crippen MR) is 68.5 cm³/mol. The molecule has 2 fully saturated rings. The summed E-state index contributed by atoms with van der Waals surface area (Å²) in [6.45, 7) is 2.62. The van der Waals surface area contributed by atoms with Crippen LogP contribution in [0.15, 0.2) is 4.99 Å². The third kappa shape index (κ3) is 4.73. The van der Waals surface area contributed by atoms with Gasteiger partial charge in [0.2, 0.25) is 0 Å². The molecule has 0 saturated heterocycles. The van der Waals surface area contributed by atoms with Gasteiger partial charge in [-0.1, -0.05) is 0 Å². The second kappa shape index (κ2) is 6.00. The zero-order valence-corrected chi connectivity index (χ0v) is 10.2. The van der Waals surface area contributed by atoms with Crippen LogP contribution in [0.4, 0.5) is 0 Å². The van der Waals surface area contributed by atoms with Crippen LogP contribution in [0.25, 0.3) is 0 Å². The molecule has 5 heteroatoms. The number of amidine groups is 2. The monoisotopic (exact) mass is 238 g/mol. The number of ether oxygens (including phenoxy) is 1. The molecule has 0 aromatic rings. The summed E-state index contributed by atoms with van der Waals surface area (Å²) in [5.41, 5.74) is 5.75. The van der Waals surface area contributed by atoms with Gasteiger partial charge in [-0.05, 0) is 25.7 Å². The maximum absolute atomic E-state index is 7.63. The van der Waals surface area contributed by atoms with E-state index < -0.39 is 0 Å². The molecule has 0 radical (unpaired) electrons. The Labute approximate surface area is 102 Å². The Morgan fingerprint density at radius 1 is 1.24 bits per heavy atom. The smallest absolute Gasteiger partial charge is 0.0969 e. The van der Waals surface area contributed by atoms with Gasteiger partial charge in [0.25, 0.3) is 0 Å². The number of rotatable bonds is 8. The molecule has 2 rings (SSSR count). The van der Waals surface area contributed by atoms with Gasteiger partial charge in [-0.15, -0.1) is 0 Å². The molecule has 5 nitrogen and oxygen atoms in total. The zero-order chi connectivity index (χ0) is 12.1. The van der Waals surface area contributed by atoms with Gasteiger partial charge in [-0.25, -0.2) is 0 Å². The SMILES string of the molecule is N=C(NCCOCCN=C(N)C1CC1)C1CC1. The van der Waals surface area contributed by atoms with Crippen LogP contribution >= 0.6 is 0 Å². The van der Waals surface area contributed by atoms with Crippen molar-refractivity contribution < 1.29 is 4.74 Å². The average molecular weight is 238 g/mol. The standard InChI is InChI=1S/C12H22N4O/c13-11(9-1-2-9)15-5-7-17-8-6-16-12(14)10-3-4-10/h9-10H,1-8H2,(H2,13,15)(H2,14,16). The molecule has 2 aliphatic carbocycles. The van der Waals surface area contributed by atoms with E-state index >= 15 is 0 Å². The van der Waals surface area contributed by atoms with Gasteiger partial charge in [0.15, 0.2) is 0 Å². The summed E-state index contributed by atoms with van der Waals surface area (Å²) in [4.78, 5) is 4.26. The Morgan fingerprint density at radius 2 is 1.94 bits per heavy atom. The summed E-state index contributed by atoms with van der Waals surface area (Å²) < 4.78 is 5.41. The first-order valence-corrected chi connectivity index (χ1v) is 6.47. The Balaban J connectivity index is 1.40. The van der Waals surface area contributed by atoms with Crippen molar-refractivity contribution in [3.8, 4) is 0 Å². The lowest BCUT2D eigenvalue weighted by Gasteiger charge is -2.06. The van der Waals surface area contributed by atoms with E-state index in [0.717, 1.165) is 12.4 Å². The van der Waals surface area contributed by atoms with Crippen LogP contribution in [0, 0.1) is 17.2 Å². The van der Waals surface area contributed by atoms with Crippen LogP contribution in [-0.2, 0) is 4.74 Å². The van der Waals surface area contributed by atoms with Crippen molar-refractivity contribution in [2.24, 2.45) is 22.6 Å². The highest BCUT2D eigenvalue weighted by molar-refractivity contribution is 5.84. The lowest BCUT2D eigenvalue weighted by atomic mass is 10.4. The first-order valence-electron chi connectivity index (χ1n) is 6.47. The summed E-state index contributed by atoms with van der Waals surface area (Å²) in [5.74, 6) is 2.51. The number of nitrogens with two attached hydrogens (primary N) is 1. The number of nitrogens with zero attached hydrogens (tertiary/aromatic N) is 1. The topological polar surface area (TPSA) is 83.5 Å². The summed E-state index contributed by atoms with van der Waals surface area (Å²) in [6, 6.07) is 0. The molecule has 0 heterocycles. The molecule has 0 bridgehead atoms. The van der Waals surface area contributed by atoms with Crippen molar-refractivity contribution in [1.29, 1.82) is 5.41 Å². The molecular formula is C12H22N4O. The highest BCUT2D eigenvalue weighted by Gasteiger charge is 2.26. The molecule has 0 spiro atoms. The fourth-order valence-corrected chi connectivity index (χ4v) is 1.62. The quantitative estimate of drug-likeness (QED) is 0.331. The molecular weight excluding hydrogens is 216 g/mol. The van der Waals surface area contributed by atoms with Crippen molar-refractivity contribution in [3.05, 3.63) is 0 Å². The van der Waals surface area contributed by atoms with E-state index in [2.05, 4.69) is 10.3 Å². The van der Waals surface area contributed by atoms with E-state index in [1.165, 1.54) is 25.7 Å². The highest BCUT2D eigenvalue weighted by atomic mass is 16.5. The van der Waals surface area contributed by atoms with E-state index in [4.69, 9.17) is 15.9 Å². The molecule has 0 unspecified atom stereocenters. The summed E-state index contributed by atoms with van der Waals surface area (Å²) in [5, 5.41) is 10.7.